The molecule has 5 heteroatoms. The molecule has 0 radical (unpaired) electrons. The summed E-state index contributed by atoms with van der Waals surface area (Å²) in [5.41, 5.74) is 3.01. The van der Waals surface area contributed by atoms with E-state index in [1.54, 1.807) is 30.5 Å². The first-order chi connectivity index (χ1) is 11.6. The summed E-state index contributed by atoms with van der Waals surface area (Å²) >= 11 is 6.00. The van der Waals surface area contributed by atoms with Gasteiger partial charge in [0.2, 0.25) is 0 Å². The fourth-order valence-electron chi connectivity index (χ4n) is 2.29. The van der Waals surface area contributed by atoms with Crippen LogP contribution in [0.5, 0.6) is 0 Å². The van der Waals surface area contributed by atoms with E-state index in [-0.39, 0.29) is 5.91 Å². The Kier molecular flexibility index (Phi) is 4.77. The van der Waals surface area contributed by atoms with E-state index in [4.69, 9.17) is 11.6 Å². The molecule has 1 heterocycles. The molecule has 0 atom stereocenters. The number of hydrogen-bond acceptors (Lipinski definition) is 3. The van der Waals surface area contributed by atoms with Crippen molar-refractivity contribution in [2.75, 3.05) is 10.6 Å². The monoisotopic (exact) mass is 337 g/mol. The molecule has 4 nitrogen and oxygen atoms in total. The second kappa shape index (κ2) is 7.15. The molecule has 120 valence electrons. The molecule has 0 saturated heterocycles. The van der Waals surface area contributed by atoms with Gasteiger partial charge in [0.1, 0.15) is 5.82 Å². The molecule has 2 aromatic carbocycles. The number of para-hydroxylation sites is 1. The van der Waals surface area contributed by atoms with Gasteiger partial charge in [0.15, 0.2) is 0 Å². The molecule has 0 bridgehead atoms. The lowest BCUT2D eigenvalue weighted by Gasteiger charge is -2.12. The molecule has 3 aromatic rings. The molecule has 0 unspecified atom stereocenters. The number of aromatic nitrogens is 1. The first kappa shape index (κ1) is 16.0. The highest BCUT2D eigenvalue weighted by atomic mass is 35.5. The Labute approximate surface area is 145 Å². The van der Waals surface area contributed by atoms with Crippen LogP contribution in [0, 0.1) is 6.92 Å². The molecule has 24 heavy (non-hydrogen) atoms. The van der Waals surface area contributed by atoms with Gasteiger partial charge in [-0.2, -0.15) is 0 Å². The molecule has 1 amide bonds. The van der Waals surface area contributed by atoms with E-state index >= 15 is 0 Å². The van der Waals surface area contributed by atoms with Crippen molar-refractivity contribution >= 4 is 34.7 Å². The summed E-state index contributed by atoms with van der Waals surface area (Å²) in [6, 6.07) is 18.4. The Morgan fingerprint density at radius 3 is 2.67 bits per heavy atom. The van der Waals surface area contributed by atoms with Gasteiger partial charge in [-0.3, -0.25) is 4.79 Å². The summed E-state index contributed by atoms with van der Waals surface area (Å²) in [5.74, 6) is 0.257. The Hall–Kier alpha value is -2.85. The first-order valence-corrected chi connectivity index (χ1v) is 7.86. The molecule has 0 fully saturated rings. The maximum atomic E-state index is 12.6. The van der Waals surface area contributed by atoms with Crippen molar-refractivity contribution in [1.82, 2.24) is 4.98 Å². The van der Waals surface area contributed by atoms with Crippen LogP contribution in [0.15, 0.2) is 66.9 Å². The summed E-state index contributed by atoms with van der Waals surface area (Å²) in [7, 11) is 0. The zero-order valence-corrected chi connectivity index (χ0v) is 13.8. The van der Waals surface area contributed by atoms with Gasteiger partial charge in [-0.05, 0) is 48.9 Å². The second-order valence-corrected chi connectivity index (χ2v) is 5.74. The highest BCUT2D eigenvalue weighted by Crippen LogP contribution is 2.22. The molecular weight excluding hydrogens is 322 g/mol. The van der Waals surface area contributed by atoms with E-state index in [0.29, 0.717) is 16.4 Å². The zero-order valence-electron chi connectivity index (χ0n) is 13.1. The number of aryl methyl sites for hydroxylation is 1. The van der Waals surface area contributed by atoms with E-state index < -0.39 is 0 Å². The predicted octanol–water partition coefficient (Wildman–Crippen LogP) is 5.04. The number of nitrogens with zero attached hydrogens (tertiary/aromatic N) is 1. The Morgan fingerprint density at radius 1 is 1.04 bits per heavy atom. The van der Waals surface area contributed by atoms with Gasteiger partial charge in [-0.25, -0.2) is 4.98 Å². The molecular formula is C19H16ClN3O. The minimum atomic E-state index is -0.220. The number of benzene rings is 2. The third-order valence-corrected chi connectivity index (χ3v) is 3.77. The molecule has 0 saturated carbocycles. The number of rotatable bonds is 4. The van der Waals surface area contributed by atoms with Crippen molar-refractivity contribution in [3.8, 4) is 0 Å². The van der Waals surface area contributed by atoms with Crippen LogP contribution in [0.25, 0.3) is 0 Å². The lowest BCUT2D eigenvalue weighted by molar-refractivity contribution is 0.102. The molecule has 3 rings (SSSR count). The number of carbonyl (C=O) groups is 1. The third-order valence-electron chi connectivity index (χ3n) is 3.53. The highest BCUT2D eigenvalue weighted by Gasteiger charge is 2.13. The molecule has 1 aromatic heterocycles. The SMILES string of the molecule is Cc1ccccc1NC(=O)c1cccnc1Nc1cccc(Cl)c1. The van der Waals surface area contributed by atoms with E-state index in [2.05, 4.69) is 15.6 Å². The average molecular weight is 338 g/mol. The van der Waals surface area contributed by atoms with Crippen LogP contribution in [0.1, 0.15) is 15.9 Å². The van der Waals surface area contributed by atoms with Gasteiger partial charge >= 0.3 is 0 Å². The van der Waals surface area contributed by atoms with E-state index in [9.17, 15) is 4.79 Å². The number of pyridine rings is 1. The molecule has 2 N–H and O–H groups in total. The zero-order chi connectivity index (χ0) is 16.9. The lowest BCUT2D eigenvalue weighted by Crippen LogP contribution is -2.15. The topological polar surface area (TPSA) is 54.0 Å². The fourth-order valence-corrected chi connectivity index (χ4v) is 2.48. The Bertz CT molecular complexity index is 880. The summed E-state index contributed by atoms with van der Waals surface area (Å²) in [6.07, 6.45) is 1.64. The van der Waals surface area contributed by atoms with E-state index in [1.807, 2.05) is 43.3 Å². The average Bonchev–Trinajstić information content (AvgIpc) is 2.57. The van der Waals surface area contributed by atoms with Gasteiger partial charge in [0.25, 0.3) is 5.91 Å². The number of nitrogens with one attached hydrogen (secondary N) is 2. The molecule has 0 aliphatic carbocycles. The normalized spacial score (nSPS) is 10.2. The van der Waals surface area contributed by atoms with Crippen LogP contribution in [-0.2, 0) is 0 Å². The minimum Gasteiger partial charge on any atom is -0.340 e. The summed E-state index contributed by atoms with van der Waals surface area (Å²) < 4.78 is 0. The summed E-state index contributed by atoms with van der Waals surface area (Å²) in [4.78, 5) is 16.9. The van der Waals surface area contributed by atoms with Crippen molar-refractivity contribution < 1.29 is 4.79 Å². The standard InChI is InChI=1S/C19H16ClN3O/c1-13-6-2-3-10-17(13)23-19(24)16-9-5-11-21-18(16)22-15-8-4-7-14(20)12-15/h2-12H,1H3,(H,21,22)(H,23,24). The maximum Gasteiger partial charge on any atom is 0.259 e. The van der Waals surface area contributed by atoms with Crippen LogP contribution in [0.2, 0.25) is 5.02 Å². The smallest absolute Gasteiger partial charge is 0.259 e. The van der Waals surface area contributed by atoms with Crippen molar-refractivity contribution in [3.05, 3.63) is 83.0 Å². The Balaban J connectivity index is 1.86. The Morgan fingerprint density at radius 2 is 1.88 bits per heavy atom. The molecule has 0 spiro atoms. The van der Waals surface area contributed by atoms with Crippen molar-refractivity contribution in [2.24, 2.45) is 0 Å². The largest absolute Gasteiger partial charge is 0.340 e. The van der Waals surface area contributed by atoms with Crippen LogP contribution in [0.3, 0.4) is 0 Å². The van der Waals surface area contributed by atoms with E-state index in [0.717, 1.165) is 16.9 Å². The number of carbonyl (C=O) groups excluding carboxylic acids is 1. The van der Waals surface area contributed by atoms with Gasteiger partial charge in [-0.1, -0.05) is 35.9 Å². The number of halogens is 1. The maximum absolute atomic E-state index is 12.6. The number of anilines is 3. The number of hydrogen-bond donors (Lipinski definition) is 2. The molecule has 0 aliphatic rings. The molecule has 0 aliphatic heterocycles. The van der Waals surface area contributed by atoms with Crippen molar-refractivity contribution in [3.63, 3.8) is 0 Å². The quantitative estimate of drug-likeness (QED) is 0.701. The fraction of sp³-hybridized carbons (Fsp3) is 0.0526. The van der Waals surface area contributed by atoms with Gasteiger partial charge in [0, 0.05) is 22.6 Å². The van der Waals surface area contributed by atoms with Crippen molar-refractivity contribution in [1.29, 1.82) is 0 Å². The van der Waals surface area contributed by atoms with Gasteiger partial charge < -0.3 is 10.6 Å². The lowest BCUT2D eigenvalue weighted by atomic mass is 10.1. The first-order valence-electron chi connectivity index (χ1n) is 7.48. The van der Waals surface area contributed by atoms with Gasteiger partial charge in [-0.15, -0.1) is 0 Å². The van der Waals surface area contributed by atoms with Crippen LogP contribution >= 0.6 is 11.6 Å². The third kappa shape index (κ3) is 3.73. The number of amides is 1. The van der Waals surface area contributed by atoms with E-state index in [1.165, 1.54) is 0 Å². The minimum absolute atomic E-state index is 0.220. The van der Waals surface area contributed by atoms with Crippen LogP contribution in [0.4, 0.5) is 17.2 Å². The highest BCUT2D eigenvalue weighted by molar-refractivity contribution is 6.30. The second-order valence-electron chi connectivity index (χ2n) is 5.30. The van der Waals surface area contributed by atoms with Crippen molar-refractivity contribution in [2.45, 2.75) is 6.92 Å². The summed E-state index contributed by atoms with van der Waals surface area (Å²) in [5, 5.41) is 6.67. The predicted molar refractivity (Wildman–Crippen MR) is 98.1 cm³/mol. The van der Waals surface area contributed by atoms with Gasteiger partial charge in [0.05, 0.1) is 5.56 Å². The van der Waals surface area contributed by atoms with Crippen LogP contribution < -0.4 is 10.6 Å². The summed E-state index contributed by atoms with van der Waals surface area (Å²) in [6.45, 7) is 1.95. The van der Waals surface area contributed by atoms with Crippen LogP contribution in [-0.4, -0.2) is 10.9 Å².